The average molecular weight is 231 g/mol. The van der Waals surface area contributed by atoms with E-state index in [1.54, 1.807) is 6.08 Å². The van der Waals surface area contributed by atoms with Gasteiger partial charge in [-0.05, 0) is 12.0 Å². The van der Waals surface area contributed by atoms with Crippen molar-refractivity contribution in [3.8, 4) is 0 Å². The first-order valence-corrected chi connectivity index (χ1v) is 6.12. The van der Waals surface area contributed by atoms with Gasteiger partial charge in [-0.25, -0.2) is 0 Å². The molecule has 2 heteroatoms. The van der Waals surface area contributed by atoms with Crippen molar-refractivity contribution in [1.82, 2.24) is 4.90 Å². The van der Waals surface area contributed by atoms with E-state index in [4.69, 9.17) is 0 Å². The highest BCUT2D eigenvalue weighted by molar-refractivity contribution is 5.78. The molecule has 92 valence electrons. The highest BCUT2D eigenvalue weighted by Gasteiger charge is 2.17. The topological polar surface area (TPSA) is 20.3 Å². The van der Waals surface area contributed by atoms with Gasteiger partial charge in [0.15, 0.2) is 0 Å². The van der Waals surface area contributed by atoms with Crippen molar-refractivity contribution in [1.29, 1.82) is 0 Å². The van der Waals surface area contributed by atoms with Gasteiger partial charge in [-0.1, -0.05) is 50.3 Å². The van der Waals surface area contributed by atoms with Crippen LogP contribution in [0.3, 0.4) is 0 Å². The Labute approximate surface area is 104 Å². The second kappa shape index (κ2) is 6.89. The summed E-state index contributed by atoms with van der Waals surface area (Å²) in [4.78, 5) is 14.0. The van der Waals surface area contributed by atoms with Gasteiger partial charge in [0.25, 0.3) is 0 Å². The normalized spacial score (nSPS) is 11.9. The van der Waals surface area contributed by atoms with Crippen LogP contribution in [0.4, 0.5) is 0 Å². The highest BCUT2D eigenvalue weighted by atomic mass is 16.2. The molecule has 0 bridgehead atoms. The number of carbonyl (C=O) groups excluding carboxylic acids is 1. The summed E-state index contributed by atoms with van der Waals surface area (Å²) in [5.74, 6) is 0.287. The number of rotatable bonds is 6. The van der Waals surface area contributed by atoms with Crippen LogP contribution in [0.1, 0.15) is 25.8 Å². The summed E-state index contributed by atoms with van der Waals surface area (Å²) in [6.07, 6.45) is 2.66. The third-order valence-corrected chi connectivity index (χ3v) is 2.91. The molecule has 0 aliphatic rings. The van der Waals surface area contributed by atoms with Crippen LogP contribution in [0.25, 0.3) is 0 Å². The fraction of sp³-hybridized carbons (Fsp3) is 0.400. The molecule has 0 fully saturated rings. The lowest BCUT2D eigenvalue weighted by molar-refractivity contribution is -0.135. The SMILES string of the molecule is C=CCN(Cc1ccccc1)C(=O)C(C)CC. The summed E-state index contributed by atoms with van der Waals surface area (Å²) < 4.78 is 0. The lowest BCUT2D eigenvalue weighted by atomic mass is 10.1. The minimum absolute atomic E-state index is 0.0821. The van der Waals surface area contributed by atoms with Gasteiger partial charge in [0.05, 0.1) is 0 Å². The van der Waals surface area contributed by atoms with E-state index in [-0.39, 0.29) is 11.8 Å². The number of carbonyl (C=O) groups is 1. The van der Waals surface area contributed by atoms with E-state index >= 15 is 0 Å². The summed E-state index contributed by atoms with van der Waals surface area (Å²) >= 11 is 0. The Bertz CT molecular complexity index is 358. The fourth-order valence-corrected chi connectivity index (χ4v) is 1.68. The van der Waals surface area contributed by atoms with Crippen molar-refractivity contribution in [2.75, 3.05) is 6.54 Å². The molecule has 0 N–H and O–H groups in total. The maximum absolute atomic E-state index is 12.1. The number of hydrogen-bond acceptors (Lipinski definition) is 1. The summed E-state index contributed by atoms with van der Waals surface area (Å²) in [5, 5.41) is 0. The van der Waals surface area contributed by atoms with Crippen LogP contribution in [-0.2, 0) is 11.3 Å². The molecule has 1 amide bonds. The van der Waals surface area contributed by atoms with Crippen LogP contribution in [0, 0.1) is 5.92 Å². The molecule has 0 aromatic heterocycles. The lowest BCUT2D eigenvalue weighted by Crippen LogP contribution is -2.34. The summed E-state index contributed by atoms with van der Waals surface area (Å²) in [6.45, 7) is 9.00. The largest absolute Gasteiger partial charge is 0.334 e. The molecule has 1 aromatic carbocycles. The summed E-state index contributed by atoms with van der Waals surface area (Å²) in [5.41, 5.74) is 1.16. The zero-order valence-corrected chi connectivity index (χ0v) is 10.7. The molecular formula is C15H21NO. The molecule has 0 heterocycles. The molecule has 0 radical (unpaired) electrons. The van der Waals surface area contributed by atoms with Gasteiger partial charge < -0.3 is 4.90 Å². The van der Waals surface area contributed by atoms with Crippen LogP contribution >= 0.6 is 0 Å². The molecule has 0 saturated heterocycles. The molecule has 17 heavy (non-hydrogen) atoms. The molecule has 1 unspecified atom stereocenters. The van der Waals surface area contributed by atoms with E-state index in [9.17, 15) is 4.79 Å². The third-order valence-electron chi connectivity index (χ3n) is 2.91. The van der Waals surface area contributed by atoms with Crippen LogP contribution in [-0.4, -0.2) is 17.4 Å². The monoisotopic (exact) mass is 231 g/mol. The fourth-order valence-electron chi connectivity index (χ4n) is 1.68. The number of amides is 1. The standard InChI is InChI=1S/C15H21NO/c1-4-11-16(15(17)13(3)5-2)12-14-9-7-6-8-10-14/h4,6-10,13H,1,5,11-12H2,2-3H3. The minimum atomic E-state index is 0.0821. The second-order valence-electron chi connectivity index (χ2n) is 4.30. The van der Waals surface area contributed by atoms with E-state index in [1.165, 1.54) is 0 Å². The Kier molecular flexibility index (Phi) is 5.47. The molecule has 0 aliphatic carbocycles. The Morgan fingerprint density at radius 1 is 1.41 bits per heavy atom. The van der Waals surface area contributed by atoms with Crippen molar-refractivity contribution in [3.05, 3.63) is 48.6 Å². The zero-order valence-electron chi connectivity index (χ0n) is 10.7. The van der Waals surface area contributed by atoms with Gasteiger partial charge in [-0.2, -0.15) is 0 Å². The van der Waals surface area contributed by atoms with Gasteiger partial charge in [-0.15, -0.1) is 6.58 Å². The van der Waals surface area contributed by atoms with Gasteiger partial charge in [-0.3, -0.25) is 4.79 Å². The van der Waals surface area contributed by atoms with Crippen LogP contribution in [0.15, 0.2) is 43.0 Å². The quantitative estimate of drug-likeness (QED) is 0.688. The van der Waals surface area contributed by atoms with Crippen molar-refractivity contribution in [2.24, 2.45) is 5.92 Å². The summed E-state index contributed by atoms with van der Waals surface area (Å²) in [6, 6.07) is 10.1. The summed E-state index contributed by atoms with van der Waals surface area (Å²) in [7, 11) is 0. The Balaban J connectivity index is 2.72. The Morgan fingerprint density at radius 2 is 2.06 bits per heavy atom. The van der Waals surface area contributed by atoms with Gasteiger partial charge in [0.2, 0.25) is 5.91 Å². The maximum atomic E-state index is 12.1. The molecule has 1 rings (SSSR count). The average Bonchev–Trinajstić information content (AvgIpc) is 2.37. The molecule has 0 spiro atoms. The van der Waals surface area contributed by atoms with Crippen LogP contribution in [0.2, 0.25) is 0 Å². The predicted molar refractivity (Wildman–Crippen MR) is 71.5 cm³/mol. The van der Waals surface area contributed by atoms with E-state index in [0.717, 1.165) is 12.0 Å². The Hall–Kier alpha value is -1.57. The van der Waals surface area contributed by atoms with Crippen LogP contribution in [0.5, 0.6) is 0 Å². The van der Waals surface area contributed by atoms with E-state index in [1.807, 2.05) is 49.1 Å². The number of hydrogen-bond donors (Lipinski definition) is 0. The van der Waals surface area contributed by atoms with Crippen molar-refractivity contribution >= 4 is 5.91 Å². The van der Waals surface area contributed by atoms with Crippen molar-refractivity contribution < 1.29 is 4.79 Å². The first-order valence-electron chi connectivity index (χ1n) is 6.12. The highest BCUT2D eigenvalue weighted by Crippen LogP contribution is 2.11. The second-order valence-corrected chi connectivity index (χ2v) is 4.30. The molecule has 1 aromatic rings. The van der Waals surface area contributed by atoms with Crippen molar-refractivity contribution in [3.63, 3.8) is 0 Å². The maximum Gasteiger partial charge on any atom is 0.225 e. The van der Waals surface area contributed by atoms with Gasteiger partial charge in [0, 0.05) is 19.0 Å². The minimum Gasteiger partial charge on any atom is -0.334 e. The smallest absolute Gasteiger partial charge is 0.225 e. The lowest BCUT2D eigenvalue weighted by Gasteiger charge is -2.24. The van der Waals surface area contributed by atoms with Crippen molar-refractivity contribution in [2.45, 2.75) is 26.8 Å². The molecule has 0 saturated carbocycles. The molecule has 0 aliphatic heterocycles. The zero-order chi connectivity index (χ0) is 12.7. The Morgan fingerprint density at radius 3 is 2.59 bits per heavy atom. The first-order chi connectivity index (χ1) is 8.19. The first kappa shape index (κ1) is 13.5. The van der Waals surface area contributed by atoms with E-state index in [0.29, 0.717) is 13.1 Å². The van der Waals surface area contributed by atoms with Gasteiger partial charge >= 0.3 is 0 Å². The number of nitrogens with zero attached hydrogens (tertiary/aromatic N) is 1. The molecule has 2 nitrogen and oxygen atoms in total. The number of benzene rings is 1. The molecule has 1 atom stereocenters. The predicted octanol–water partition coefficient (Wildman–Crippen LogP) is 3.25. The van der Waals surface area contributed by atoms with Crippen LogP contribution < -0.4 is 0 Å². The van der Waals surface area contributed by atoms with E-state index in [2.05, 4.69) is 6.58 Å². The van der Waals surface area contributed by atoms with E-state index < -0.39 is 0 Å². The third kappa shape index (κ3) is 4.06. The van der Waals surface area contributed by atoms with Gasteiger partial charge in [0.1, 0.15) is 0 Å². The molecular weight excluding hydrogens is 210 g/mol.